The van der Waals surface area contributed by atoms with Crippen LogP contribution in [-0.4, -0.2) is 19.1 Å². The van der Waals surface area contributed by atoms with Crippen molar-refractivity contribution in [1.29, 1.82) is 0 Å². The molecule has 1 atom stereocenters. The Morgan fingerprint density at radius 3 is 2.70 bits per heavy atom. The first-order valence-electron chi connectivity index (χ1n) is 6.65. The standard InChI is InChI=1S/C16H21N3O/c1-12(17)14-7-8-16(18-10-14)19(2)11-13-5-4-6-15(9-13)20-3/h4-10,12H,11,17H2,1-3H3. The zero-order chi connectivity index (χ0) is 14.5. The average molecular weight is 271 g/mol. The molecule has 20 heavy (non-hydrogen) atoms. The Morgan fingerprint density at radius 2 is 2.10 bits per heavy atom. The van der Waals surface area contributed by atoms with Crippen LogP contribution in [0.25, 0.3) is 0 Å². The van der Waals surface area contributed by atoms with E-state index < -0.39 is 0 Å². The van der Waals surface area contributed by atoms with Crippen molar-refractivity contribution in [3.8, 4) is 5.75 Å². The van der Waals surface area contributed by atoms with E-state index >= 15 is 0 Å². The molecule has 0 saturated heterocycles. The van der Waals surface area contributed by atoms with E-state index in [0.717, 1.165) is 23.7 Å². The van der Waals surface area contributed by atoms with Gasteiger partial charge >= 0.3 is 0 Å². The molecule has 2 aromatic rings. The first kappa shape index (κ1) is 14.3. The van der Waals surface area contributed by atoms with Crippen LogP contribution in [0.3, 0.4) is 0 Å². The van der Waals surface area contributed by atoms with Gasteiger partial charge in [-0.3, -0.25) is 0 Å². The Labute approximate surface area is 120 Å². The SMILES string of the molecule is COc1cccc(CN(C)c2ccc(C(C)N)cn2)c1. The fourth-order valence-electron chi connectivity index (χ4n) is 2.02. The molecule has 1 unspecified atom stereocenters. The minimum absolute atomic E-state index is 0.0141. The fraction of sp³-hybridized carbons (Fsp3) is 0.312. The second kappa shape index (κ2) is 6.39. The van der Waals surface area contributed by atoms with Gasteiger partial charge in [0, 0.05) is 25.8 Å². The van der Waals surface area contributed by atoms with E-state index in [1.165, 1.54) is 5.56 Å². The molecule has 2 N–H and O–H groups in total. The molecule has 106 valence electrons. The van der Waals surface area contributed by atoms with E-state index in [-0.39, 0.29) is 6.04 Å². The van der Waals surface area contributed by atoms with Crippen molar-refractivity contribution in [2.45, 2.75) is 19.5 Å². The van der Waals surface area contributed by atoms with E-state index in [1.54, 1.807) is 7.11 Å². The van der Waals surface area contributed by atoms with Crippen LogP contribution >= 0.6 is 0 Å². The largest absolute Gasteiger partial charge is 0.497 e. The second-order valence-electron chi connectivity index (χ2n) is 4.95. The highest BCUT2D eigenvalue weighted by molar-refractivity contribution is 5.40. The number of benzene rings is 1. The highest BCUT2D eigenvalue weighted by atomic mass is 16.5. The summed E-state index contributed by atoms with van der Waals surface area (Å²) in [6.07, 6.45) is 1.84. The molecule has 0 amide bonds. The predicted octanol–water partition coefficient (Wildman–Crippen LogP) is 2.75. The molecule has 0 aliphatic rings. The third-order valence-corrected chi connectivity index (χ3v) is 3.24. The summed E-state index contributed by atoms with van der Waals surface area (Å²) in [5.41, 5.74) is 8.06. The maximum absolute atomic E-state index is 5.83. The zero-order valence-electron chi connectivity index (χ0n) is 12.2. The van der Waals surface area contributed by atoms with Crippen LogP contribution in [0.4, 0.5) is 5.82 Å². The highest BCUT2D eigenvalue weighted by Gasteiger charge is 2.06. The molecule has 1 aromatic heterocycles. The normalized spacial score (nSPS) is 12.0. The number of methoxy groups -OCH3 is 1. The number of anilines is 1. The van der Waals surface area contributed by atoms with Crippen LogP contribution in [0, 0.1) is 0 Å². The summed E-state index contributed by atoms with van der Waals surface area (Å²) in [6.45, 7) is 2.73. The molecule has 0 spiro atoms. The number of hydrogen-bond donors (Lipinski definition) is 1. The molecule has 0 fully saturated rings. The summed E-state index contributed by atoms with van der Waals surface area (Å²) in [6, 6.07) is 12.1. The lowest BCUT2D eigenvalue weighted by Gasteiger charge is -2.19. The van der Waals surface area contributed by atoms with Crippen molar-refractivity contribution in [3.63, 3.8) is 0 Å². The van der Waals surface area contributed by atoms with Gasteiger partial charge in [0.15, 0.2) is 0 Å². The van der Waals surface area contributed by atoms with Crippen LogP contribution in [0.5, 0.6) is 5.75 Å². The maximum Gasteiger partial charge on any atom is 0.128 e. The third-order valence-electron chi connectivity index (χ3n) is 3.24. The minimum Gasteiger partial charge on any atom is -0.497 e. The summed E-state index contributed by atoms with van der Waals surface area (Å²) in [4.78, 5) is 6.55. The van der Waals surface area contributed by atoms with E-state index in [1.807, 2.05) is 50.5 Å². The van der Waals surface area contributed by atoms with Crippen molar-refractivity contribution >= 4 is 5.82 Å². The molecule has 1 aromatic carbocycles. The lowest BCUT2D eigenvalue weighted by Crippen LogP contribution is -2.18. The van der Waals surface area contributed by atoms with Crippen LogP contribution < -0.4 is 15.4 Å². The van der Waals surface area contributed by atoms with Gasteiger partial charge < -0.3 is 15.4 Å². The summed E-state index contributed by atoms with van der Waals surface area (Å²) in [5, 5.41) is 0. The molecule has 0 aliphatic heterocycles. The van der Waals surface area contributed by atoms with Gasteiger partial charge in [-0.25, -0.2) is 4.98 Å². The number of aromatic nitrogens is 1. The lowest BCUT2D eigenvalue weighted by molar-refractivity contribution is 0.414. The zero-order valence-corrected chi connectivity index (χ0v) is 12.2. The number of ether oxygens (including phenoxy) is 1. The van der Waals surface area contributed by atoms with Crippen LogP contribution in [0.1, 0.15) is 24.1 Å². The smallest absolute Gasteiger partial charge is 0.128 e. The Bertz CT molecular complexity index is 552. The Kier molecular flexibility index (Phi) is 4.58. The highest BCUT2D eigenvalue weighted by Crippen LogP contribution is 2.18. The van der Waals surface area contributed by atoms with Crippen molar-refractivity contribution in [2.24, 2.45) is 5.73 Å². The van der Waals surface area contributed by atoms with Gasteiger partial charge in [0.1, 0.15) is 11.6 Å². The first-order chi connectivity index (χ1) is 9.60. The van der Waals surface area contributed by atoms with Crippen LogP contribution in [0.15, 0.2) is 42.6 Å². The first-order valence-corrected chi connectivity index (χ1v) is 6.65. The van der Waals surface area contributed by atoms with Gasteiger partial charge in [0.25, 0.3) is 0 Å². The summed E-state index contributed by atoms with van der Waals surface area (Å²) < 4.78 is 5.24. The maximum atomic E-state index is 5.83. The molecule has 4 heteroatoms. The monoisotopic (exact) mass is 271 g/mol. The fourth-order valence-corrected chi connectivity index (χ4v) is 2.02. The Hall–Kier alpha value is -2.07. The van der Waals surface area contributed by atoms with Gasteiger partial charge in [-0.15, -0.1) is 0 Å². The molecule has 0 radical (unpaired) electrons. The van der Waals surface area contributed by atoms with Crippen LogP contribution in [-0.2, 0) is 6.54 Å². The second-order valence-corrected chi connectivity index (χ2v) is 4.95. The topological polar surface area (TPSA) is 51.4 Å². The van der Waals surface area contributed by atoms with Gasteiger partial charge in [0.05, 0.1) is 7.11 Å². The van der Waals surface area contributed by atoms with E-state index in [4.69, 9.17) is 10.5 Å². The predicted molar refractivity (Wildman–Crippen MR) is 81.9 cm³/mol. The molecule has 0 bridgehead atoms. The number of nitrogens with two attached hydrogens (primary N) is 1. The molecule has 4 nitrogen and oxygen atoms in total. The molecule has 2 rings (SSSR count). The van der Waals surface area contributed by atoms with Crippen molar-refractivity contribution in [2.75, 3.05) is 19.1 Å². The number of rotatable bonds is 5. The lowest BCUT2D eigenvalue weighted by atomic mass is 10.1. The number of hydrogen-bond acceptors (Lipinski definition) is 4. The summed E-state index contributed by atoms with van der Waals surface area (Å²) in [5.74, 6) is 1.80. The van der Waals surface area contributed by atoms with Crippen molar-refractivity contribution in [1.82, 2.24) is 4.98 Å². The molecule has 0 aliphatic carbocycles. The van der Waals surface area contributed by atoms with E-state index in [9.17, 15) is 0 Å². The van der Waals surface area contributed by atoms with Gasteiger partial charge in [-0.2, -0.15) is 0 Å². The summed E-state index contributed by atoms with van der Waals surface area (Å²) >= 11 is 0. The Balaban J connectivity index is 2.08. The molecular formula is C16H21N3O. The average Bonchev–Trinajstić information content (AvgIpc) is 2.47. The number of pyridine rings is 1. The van der Waals surface area contributed by atoms with Gasteiger partial charge in [-0.05, 0) is 36.2 Å². The number of nitrogens with zero attached hydrogens (tertiary/aromatic N) is 2. The van der Waals surface area contributed by atoms with Crippen LogP contribution in [0.2, 0.25) is 0 Å². The summed E-state index contributed by atoms with van der Waals surface area (Å²) in [7, 11) is 3.70. The van der Waals surface area contributed by atoms with E-state index in [0.29, 0.717) is 0 Å². The molecular weight excluding hydrogens is 250 g/mol. The minimum atomic E-state index is 0.0141. The molecule has 1 heterocycles. The van der Waals surface area contributed by atoms with Crippen molar-refractivity contribution in [3.05, 3.63) is 53.7 Å². The van der Waals surface area contributed by atoms with Gasteiger partial charge in [-0.1, -0.05) is 18.2 Å². The molecule has 0 saturated carbocycles. The third kappa shape index (κ3) is 3.48. The van der Waals surface area contributed by atoms with Gasteiger partial charge in [0.2, 0.25) is 0 Å². The van der Waals surface area contributed by atoms with E-state index in [2.05, 4.69) is 16.0 Å². The Morgan fingerprint density at radius 1 is 1.30 bits per heavy atom. The quantitative estimate of drug-likeness (QED) is 0.908. The van der Waals surface area contributed by atoms with Crippen molar-refractivity contribution < 1.29 is 4.74 Å².